The number of rotatable bonds is 2. The van der Waals surface area contributed by atoms with Crippen molar-refractivity contribution in [2.75, 3.05) is 13.2 Å². The molecule has 0 saturated carbocycles. The zero-order valence-corrected chi connectivity index (χ0v) is 16.0. The van der Waals surface area contributed by atoms with Crippen LogP contribution >= 0.6 is 0 Å². The van der Waals surface area contributed by atoms with Gasteiger partial charge in [-0.3, -0.25) is 9.69 Å². The molecule has 0 unspecified atom stereocenters. The molecule has 2 rings (SSSR count). The van der Waals surface area contributed by atoms with Crippen LogP contribution in [0.2, 0.25) is 0 Å². The highest BCUT2D eigenvalue weighted by Gasteiger charge is 2.52. The molecule has 2 aliphatic rings. The summed E-state index contributed by atoms with van der Waals surface area (Å²) in [5.74, 6) is -1.37. The van der Waals surface area contributed by atoms with E-state index in [1.165, 1.54) is 4.90 Å². The normalized spacial score (nSPS) is 30.2. The van der Waals surface area contributed by atoms with Crippen LogP contribution in [0.5, 0.6) is 0 Å². The quantitative estimate of drug-likeness (QED) is 0.797. The lowest BCUT2D eigenvalue weighted by molar-refractivity contribution is -0.273. The summed E-state index contributed by atoms with van der Waals surface area (Å²) in [5.41, 5.74) is -1.67. The van der Waals surface area contributed by atoms with Crippen LogP contribution in [0.3, 0.4) is 0 Å². The van der Waals surface area contributed by atoms with Crippen LogP contribution in [0, 0.1) is 0 Å². The summed E-state index contributed by atoms with van der Waals surface area (Å²) in [6, 6.07) is -0.771. The van der Waals surface area contributed by atoms with E-state index in [1.54, 1.807) is 48.5 Å². The Kier molecular flexibility index (Phi) is 5.22. The molecule has 1 N–H and O–H groups in total. The molecule has 2 heterocycles. The lowest BCUT2D eigenvalue weighted by atomic mass is 10.00. The van der Waals surface area contributed by atoms with Gasteiger partial charge in [0.25, 0.3) is 0 Å². The number of hydrogen-bond acceptors (Lipinski definition) is 7. The topological polar surface area (TPSA) is 94.5 Å². The summed E-state index contributed by atoms with van der Waals surface area (Å²) < 4.78 is 22.0. The first-order valence-electron chi connectivity index (χ1n) is 8.42. The first-order valence-corrected chi connectivity index (χ1v) is 8.42. The maximum atomic E-state index is 12.6. The Hall–Kier alpha value is -1.22. The predicted octanol–water partition coefficient (Wildman–Crippen LogP) is 1.44. The zero-order chi connectivity index (χ0) is 19.2. The van der Waals surface area contributed by atoms with Gasteiger partial charge >= 0.3 is 6.09 Å². The fourth-order valence-corrected chi connectivity index (χ4v) is 2.94. The fraction of sp³-hybridized carbons (Fsp3) is 0.882. The van der Waals surface area contributed by atoms with Gasteiger partial charge in [-0.05, 0) is 48.5 Å². The van der Waals surface area contributed by atoms with Crippen molar-refractivity contribution in [2.45, 2.75) is 83.8 Å². The lowest BCUT2D eigenvalue weighted by Crippen LogP contribution is -2.60. The van der Waals surface area contributed by atoms with Crippen molar-refractivity contribution in [2.24, 2.45) is 0 Å². The summed E-state index contributed by atoms with van der Waals surface area (Å²) in [6.07, 6.45) is -2.97. The largest absolute Gasteiger partial charge is 0.444 e. The number of carbonyl (C=O) groups excluding carboxylic acids is 2. The Morgan fingerprint density at radius 2 is 1.88 bits per heavy atom. The van der Waals surface area contributed by atoms with Crippen LogP contribution < -0.4 is 0 Å². The highest BCUT2D eigenvalue weighted by Crippen LogP contribution is 2.33. The number of ether oxygens (including phenoxy) is 4. The van der Waals surface area contributed by atoms with Gasteiger partial charge in [0, 0.05) is 0 Å². The average Bonchev–Trinajstić information content (AvgIpc) is 2.74. The first-order chi connectivity index (χ1) is 11.2. The number of hydrogen-bond donors (Lipinski definition) is 1. The van der Waals surface area contributed by atoms with Crippen LogP contribution in [-0.2, 0) is 23.7 Å². The number of aliphatic hydroxyl groups excluding tert-OH is 1. The van der Waals surface area contributed by atoms with Crippen LogP contribution in [0.15, 0.2) is 0 Å². The minimum absolute atomic E-state index is 0.0713. The van der Waals surface area contributed by atoms with E-state index >= 15 is 0 Å². The Bertz CT molecular complexity index is 538. The zero-order valence-electron chi connectivity index (χ0n) is 16.0. The van der Waals surface area contributed by atoms with Crippen LogP contribution in [0.4, 0.5) is 4.79 Å². The summed E-state index contributed by atoms with van der Waals surface area (Å²) in [7, 11) is 0. The summed E-state index contributed by atoms with van der Waals surface area (Å²) in [6.45, 7) is 11.9. The van der Waals surface area contributed by atoms with Gasteiger partial charge in [0.2, 0.25) is 0 Å². The van der Waals surface area contributed by atoms with E-state index in [-0.39, 0.29) is 19.0 Å². The molecule has 0 aromatic heterocycles. The van der Waals surface area contributed by atoms with Crippen molar-refractivity contribution >= 4 is 11.9 Å². The standard InChI is InChI=1S/C17H29NO7/c1-15(2,3)25-14(21)18-10(8-22-16(18,4)5)12(20)13-11(19)9-23-17(6,7)24-13/h10,12-13,20H,8-9H2,1-7H3/t10-,12+,13+/m0/s1. The maximum absolute atomic E-state index is 12.6. The van der Waals surface area contributed by atoms with Crippen LogP contribution in [-0.4, -0.2) is 70.5 Å². The lowest BCUT2D eigenvalue weighted by Gasteiger charge is -2.41. The van der Waals surface area contributed by atoms with Gasteiger partial charge in [0.15, 0.2) is 11.6 Å². The number of nitrogens with zero attached hydrogens (tertiary/aromatic N) is 1. The van der Waals surface area contributed by atoms with Gasteiger partial charge in [-0.15, -0.1) is 0 Å². The molecule has 2 fully saturated rings. The van der Waals surface area contributed by atoms with Crippen molar-refractivity contribution in [1.29, 1.82) is 0 Å². The van der Waals surface area contributed by atoms with E-state index in [0.29, 0.717) is 0 Å². The second kappa shape index (κ2) is 6.50. The molecule has 0 radical (unpaired) electrons. The Labute approximate surface area is 148 Å². The molecule has 0 aliphatic carbocycles. The SMILES string of the molecule is CC(C)(C)OC(=O)N1[C@H]([C@@H](O)[C@@H]2OC(C)(C)OCC2=O)COC1(C)C. The molecule has 8 heteroatoms. The molecule has 0 spiro atoms. The maximum Gasteiger partial charge on any atom is 0.412 e. The number of aliphatic hydroxyl groups is 1. The van der Waals surface area contributed by atoms with Gasteiger partial charge in [-0.25, -0.2) is 4.79 Å². The minimum Gasteiger partial charge on any atom is -0.444 e. The van der Waals surface area contributed by atoms with E-state index in [1.807, 2.05) is 0 Å². The Balaban J connectivity index is 2.23. The third-order valence-electron chi connectivity index (χ3n) is 4.10. The molecule has 8 nitrogen and oxygen atoms in total. The highest BCUT2D eigenvalue weighted by atomic mass is 16.7. The van der Waals surface area contributed by atoms with E-state index < -0.39 is 41.5 Å². The average molecular weight is 359 g/mol. The molecule has 2 saturated heterocycles. The second-order valence-corrected chi connectivity index (χ2v) is 8.36. The van der Waals surface area contributed by atoms with Gasteiger partial charge in [0.05, 0.1) is 12.6 Å². The second-order valence-electron chi connectivity index (χ2n) is 8.36. The van der Waals surface area contributed by atoms with E-state index in [9.17, 15) is 14.7 Å². The third kappa shape index (κ3) is 4.49. The molecule has 0 bridgehead atoms. The van der Waals surface area contributed by atoms with Gasteiger partial charge in [-0.2, -0.15) is 0 Å². The summed E-state index contributed by atoms with van der Waals surface area (Å²) in [4.78, 5) is 26.1. The molecular formula is C17H29NO7. The fourth-order valence-electron chi connectivity index (χ4n) is 2.94. The van der Waals surface area contributed by atoms with E-state index in [4.69, 9.17) is 18.9 Å². The predicted molar refractivity (Wildman–Crippen MR) is 87.8 cm³/mol. The van der Waals surface area contributed by atoms with Crippen LogP contribution in [0.1, 0.15) is 48.5 Å². The summed E-state index contributed by atoms with van der Waals surface area (Å²) in [5, 5.41) is 10.8. The highest BCUT2D eigenvalue weighted by molar-refractivity contribution is 5.85. The molecule has 1 amide bonds. The molecule has 2 aliphatic heterocycles. The van der Waals surface area contributed by atoms with Gasteiger partial charge in [0.1, 0.15) is 30.1 Å². The number of Topliss-reactive ketones (excluding diaryl/α,β-unsaturated/α-hetero) is 1. The minimum atomic E-state index is -1.26. The van der Waals surface area contributed by atoms with Gasteiger partial charge in [-0.1, -0.05) is 0 Å². The number of carbonyl (C=O) groups is 2. The molecule has 0 aromatic carbocycles. The van der Waals surface area contributed by atoms with Crippen molar-refractivity contribution in [1.82, 2.24) is 4.90 Å². The molecule has 3 atom stereocenters. The smallest absolute Gasteiger partial charge is 0.412 e. The first kappa shape index (κ1) is 20.1. The van der Waals surface area contributed by atoms with Crippen LogP contribution in [0.25, 0.3) is 0 Å². The third-order valence-corrected chi connectivity index (χ3v) is 4.10. The summed E-state index contributed by atoms with van der Waals surface area (Å²) >= 11 is 0. The molecule has 25 heavy (non-hydrogen) atoms. The van der Waals surface area contributed by atoms with Gasteiger partial charge < -0.3 is 24.1 Å². The van der Waals surface area contributed by atoms with Crippen molar-refractivity contribution in [3.63, 3.8) is 0 Å². The Morgan fingerprint density at radius 1 is 1.28 bits per heavy atom. The van der Waals surface area contributed by atoms with E-state index in [0.717, 1.165) is 0 Å². The number of ketones is 1. The van der Waals surface area contributed by atoms with Crippen molar-refractivity contribution < 1.29 is 33.6 Å². The molecule has 0 aromatic rings. The van der Waals surface area contributed by atoms with Crippen molar-refractivity contribution in [3.05, 3.63) is 0 Å². The molecule has 144 valence electrons. The number of amides is 1. The van der Waals surface area contributed by atoms with E-state index in [2.05, 4.69) is 0 Å². The Morgan fingerprint density at radius 3 is 2.44 bits per heavy atom. The molecular weight excluding hydrogens is 330 g/mol. The van der Waals surface area contributed by atoms with Crippen molar-refractivity contribution in [3.8, 4) is 0 Å². The monoisotopic (exact) mass is 359 g/mol.